The van der Waals surface area contributed by atoms with Gasteiger partial charge in [-0.05, 0) is 38.3 Å². The molecule has 0 aliphatic carbocycles. The van der Waals surface area contributed by atoms with E-state index in [1.54, 1.807) is 13.8 Å². The second-order valence-corrected chi connectivity index (χ2v) is 9.01. The van der Waals surface area contributed by atoms with Crippen molar-refractivity contribution in [1.29, 1.82) is 0 Å². The Labute approximate surface area is 153 Å². The van der Waals surface area contributed by atoms with E-state index in [2.05, 4.69) is 39.1 Å². The molecule has 1 atom stereocenters. The van der Waals surface area contributed by atoms with E-state index in [9.17, 15) is 4.57 Å². The molecule has 0 spiro atoms. The highest BCUT2D eigenvalue weighted by Crippen LogP contribution is 2.42. The molecule has 4 nitrogen and oxygen atoms in total. The molecule has 0 fully saturated rings. The van der Waals surface area contributed by atoms with Gasteiger partial charge in [-0.2, -0.15) is 0 Å². The molecule has 0 heterocycles. The molecule has 0 aliphatic heterocycles. The number of phosphoric ester groups is 1. The van der Waals surface area contributed by atoms with Gasteiger partial charge in [0.25, 0.3) is 0 Å². The Bertz CT molecular complexity index is 293. The zero-order valence-corrected chi connectivity index (χ0v) is 18.7. The van der Waals surface area contributed by atoms with E-state index in [4.69, 9.17) is 4.89 Å². The van der Waals surface area contributed by atoms with Crippen molar-refractivity contribution in [2.45, 2.75) is 104 Å². The molecule has 6 heteroatoms. The van der Waals surface area contributed by atoms with Gasteiger partial charge in [-0.1, -0.05) is 65.7 Å². The van der Waals surface area contributed by atoms with Crippen LogP contribution in [0.4, 0.5) is 0 Å². The first-order valence-corrected chi connectivity index (χ1v) is 11.8. The van der Waals surface area contributed by atoms with Crippen LogP contribution in [0.1, 0.15) is 98.8 Å². The predicted octanol–water partition coefficient (Wildman–Crippen LogP) is 6.72. The highest BCUT2D eigenvalue weighted by atomic mass is 31.2. The lowest BCUT2D eigenvalue weighted by molar-refractivity contribution is 0.161. The molecule has 0 aliphatic rings. The molecule has 0 amide bonds. The van der Waals surface area contributed by atoms with Crippen molar-refractivity contribution in [3.8, 4) is 0 Å². The molecule has 0 rings (SSSR count). The van der Waals surface area contributed by atoms with E-state index in [0.717, 1.165) is 0 Å². The van der Waals surface area contributed by atoms with Crippen LogP contribution in [0.5, 0.6) is 0 Å². The van der Waals surface area contributed by atoms with Crippen molar-refractivity contribution in [2.75, 3.05) is 13.2 Å². The standard InChI is InChI=1S/C14H31P.C4H11O4P/c1-4-7-10-13-14(15,11-8-5-2)12-9-6-3;1-3-7-9(5,6)8-4-2/h4-13,15H2,1-3H3;3-4H2,1-2H3,(H,5,6). The molecule has 1 unspecified atom stereocenters. The number of hydrogen-bond donors (Lipinski definition) is 1. The minimum absolute atomic E-state index is 0.188. The second kappa shape index (κ2) is 17.0. The number of hydrogen-bond acceptors (Lipinski definition) is 3. The smallest absolute Gasteiger partial charge is 0.302 e. The zero-order chi connectivity index (χ0) is 18.9. The monoisotopic (exact) mass is 384 g/mol. The Morgan fingerprint density at radius 1 is 0.792 bits per heavy atom. The topological polar surface area (TPSA) is 55.8 Å². The molecule has 0 saturated heterocycles. The fourth-order valence-electron chi connectivity index (χ4n) is 2.52. The average Bonchev–Trinajstić information content (AvgIpc) is 2.52. The van der Waals surface area contributed by atoms with Gasteiger partial charge >= 0.3 is 7.82 Å². The van der Waals surface area contributed by atoms with E-state index in [1.165, 1.54) is 64.2 Å². The molecule has 0 aromatic heterocycles. The highest BCUT2D eigenvalue weighted by molar-refractivity contribution is 7.47. The summed E-state index contributed by atoms with van der Waals surface area (Å²) < 4.78 is 19.2. The maximum atomic E-state index is 10.5. The quantitative estimate of drug-likeness (QED) is 0.267. The lowest BCUT2D eigenvalue weighted by Crippen LogP contribution is -2.20. The molecule has 0 aromatic carbocycles. The fourth-order valence-corrected chi connectivity index (χ4v) is 3.86. The Hall–Kier alpha value is 0.540. The Balaban J connectivity index is 0. The maximum Gasteiger partial charge on any atom is 0.472 e. The van der Waals surface area contributed by atoms with Gasteiger partial charge in [0.15, 0.2) is 0 Å². The third-order valence-corrected chi connectivity index (χ3v) is 5.95. The molecule has 148 valence electrons. The highest BCUT2D eigenvalue weighted by Gasteiger charge is 2.22. The predicted molar refractivity (Wildman–Crippen MR) is 109 cm³/mol. The van der Waals surface area contributed by atoms with Crippen molar-refractivity contribution in [2.24, 2.45) is 0 Å². The van der Waals surface area contributed by atoms with Gasteiger partial charge in [-0.25, -0.2) is 4.57 Å². The molecule has 0 radical (unpaired) electrons. The maximum absolute atomic E-state index is 10.5. The van der Waals surface area contributed by atoms with E-state index < -0.39 is 7.82 Å². The Morgan fingerprint density at radius 2 is 1.17 bits per heavy atom. The van der Waals surface area contributed by atoms with E-state index >= 15 is 0 Å². The van der Waals surface area contributed by atoms with Gasteiger partial charge in [-0.3, -0.25) is 9.05 Å². The third-order valence-electron chi connectivity index (χ3n) is 3.92. The Kier molecular flexibility index (Phi) is 18.9. The van der Waals surface area contributed by atoms with Crippen LogP contribution < -0.4 is 0 Å². The summed E-state index contributed by atoms with van der Waals surface area (Å²) in [4.78, 5) is 8.63. The van der Waals surface area contributed by atoms with E-state index in [1.807, 2.05) is 0 Å². The van der Waals surface area contributed by atoms with Crippen LogP contribution in [0.3, 0.4) is 0 Å². The molecular weight excluding hydrogens is 342 g/mol. The third kappa shape index (κ3) is 17.4. The molecular formula is C18H42O4P2. The van der Waals surface area contributed by atoms with Crippen molar-refractivity contribution < 1.29 is 18.5 Å². The largest absolute Gasteiger partial charge is 0.472 e. The van der Waals surface area contributed by atoms with Gasteiger partial charge in [-0.15, -0.1) is 9.24 Å². The molecule has 0 saturated carbocycles. The van der Waals surface area contributed by atoms with Gasteiger partial charge in [0, 0.05) is 0 Å². The first-order chi connectivity index (χ1) is 11.3. The van der Waals surface area contributed by atoms with Crippen LogP contribution in [0.2, 0.25) is 0 Å². The minimum Gasteiger partial charge on any atom is -0.302 e. The van der Waals surface area contributed by atoms with E-state index in [-0.39, 0.29) is 13.2 Å². The summed E-state index contributed by atoms with van der Waals surface area (Å²) in [5.74, 6) is 0. The summed E-state index contributed by atoms with van der Waals surface area (Å²) in [6.07, 6.45) is 13.9. The summed E-state index contributed by atoms with van der Waals surface area (Å²) >= 11 is 0. The lowest BCUT2D eigenvalue weighted by Gasteiger charge is -2.29. The van der Waals surface area contributed by atoms with E-state index in [0.29, 0.717) is 5.16 Å². The summed E-state index contributed by atoms with van der Waals surface area (Å²) in [6.45, 7) is 10.5. The zero-order valence-electron chi connectivity index (χ0n) is 16.7. The Morgan fingerprint density at radius 3 is 1.50 bits per heavy atom. The van der Waals surface area contributed by atoms with Crippen molar-refractivity contribution >= 4 is 17.1 Å². The molecule has 1 N–H and O–H groups in total. The SMILES string of the molecule is CCCCCC(P)(CCCC)CCCC.CCOP(=O)(O)OCC. The summed E-state index contributed by atoms with van der Waals surface area (Å²) in [7, 11) is -0.506. The van der Waals surface area contributed by atoms with Crippen molar-refractivity contribution in [1.82, 2.24) is 0 Å². The minimum atomic E-state index is -3.69. The normalized spacial score (nSPS) is 12.0. The van der Waals surface area contributed by atoms with Crippen molar-refractivity contribution in [3.05, 3.63) is 0 Å². The van der Waals surface area contributed by atoms with Gasteiger partial charge in [0.1, 0.15) is 0 Å². The van der Waals surface area contributed by atoms with Crippen LogP contribution >= 0.6 is 17.1 Å². The average molecular weight is 384 g/mol. The fraction of sp³-hybridized carbons (Fsp3) is 1.00. The van der Waals surface area contributed by atoms with Crippen LogP contribution in [0.25, 0.3) is 0 Å². The lowest BCUT2D eigenvalue weighted by atomic mass is 9.89. The summed E-state index contributed by atoms with van der Waals surface area (Å²) in [5.41, 5.74) is 0. The molecule has 0 bridgehead atoms. The van der Waals surface area contributed by atoms with Crippen LogP contribution in [-0.2, 0) is 13.6 Å². The van der Waals surface area contributed by atoms with Crippen LogP contribution in [0, 0.1) is 0 Å². The van der Waals surface area contributed by atoms with Gasteiger partial charge in [0.05, 0.1) is 13.2 Å². The van der Waals surface area contributed by atoms with Gasteiger partial charge < -0.3 is 4.89 Å². The van der Waals surface area contributed by atoms with Crippen LogP contribution in [-0.4, -0.2) is 23.3 Å². The first kappa shape index (κ1) is 26.8. The van der Waals surface area contributed by atoms with Gasteiger partial charge in [0.2, 0.25) is 0 Å². The number of phosphoric acid groups is 1. The molecule has 0 aromatic rings. The second-order valence-electron chi connectivity index (χ2n) is 6.33. The summed E-state index contributed by atoms with van der Waals surface area (Å²) in [6, 6.07) is 0. The summed E-state index contributed by atoms with van der Waals surface area (Å²) in [5, 5.41) is 0.571. The number of rotatable bonds is 14. The van der Waals surface area contributed by atoms with Crippen LogP contribution in [0.15, 0.2) is 0 Å². The van der Waals surface area contributed by atoms with Crippen molar-refractivity contribution in [3.63, 3.8) is 0 Å². The first-order valence-electron chi connectivity index (χ1n) is 9.71. The molecule has 24 heavy (non-hydrogen) atoms. The number of unbranched alkanes of at least 4 members (excludes halogenated alkanes) is 4.